The molecule has 0 radical (unpaired) electrons. The molecule has 0 aliphatic rings. The zero-order valence-corrected chi connectivity index (χ0v) is 14.4. The normalized spacial score (nSPS) is 13.7. The average Bonchev–Trinajstić information content (AvgIpc) is 2.48. The third-order valence-electron chi connectivity index (χ3n) is 3.24. The van der Waals surface area contributed by atoms with Gasteiger partial charge in [-0.05, 0) is 39.3 Å². The van der Waals surface area contributed by atoms with Crippen molar-refractivity contribution in [1.82, 2.24) is 5.32 Å². The number of anilines is 1. The van der Waals surface area contributed by atoms with Crippen LogP contribution in [0.5, 0.6) is 0 Å². The number of carbonyl (C=O) groups is 2. The Morgan fingerprint density at radius 1 is 1.12 bits per heavy atom. The van der Waals surface area contributed by atoms with E-state index in [1.54, 1.807) is 30.4 Å². The summed E-state index contributed by atoms with van der Waals surface area (Å²) < 4.78 is 49.5. The van der Waals surface area contributed by atoms with Crippen molar-refractivity contribution in [3.8, 4) is 0 Å². The van der Waals surface area contributed by atoms with Crippen molar-refractivity contribution in [3.63, 3.8) is 0 Å². The molecule has 0 saturated carbocycles. The molecule has 140 valence electrons. The molecule has 0 saturated heterocycles. The van der Waals surface area contributed by atoms with Crippen LogP contribution in [-0.2, 0) is 14.3 Å². The molecular formula is C16H21F3N2O4. The van der Waals surface area contributed by atoms with E-state index in [1.807, 2.05) is 6.92 Å². The van der Waals surface area contributed by atoms with Gasteiger partial charge in [-0.2, -0.15) is 13.2 Å². The Bertz CT molecular complexity index is 634. The molecule has 1 atom stereocenters. The molecule has 25 heavy (non-hydrogen) atoms. The monoisotopic (exact) mass is 362 g/mol. The van der Waals surface area contributed by atoms with E-state index in [9.17, 15) is 22.8 Å². The highest BCUT2D eigenvalue weighted by atomic mass is 19.4. The summed E-state index contributed by atoms with van der Waals surface area (Å²) in [5.74, 6) is -1.74. The summed E-state index contributed by atoms with van der Waals surface area (Å²) >= 11 is 0. The number of halogens is 3. The van der Waals surface area contributed by atoms with Crippen molar-refractivity contribution in [3.05, 3.63) is 29.3 Å². The Balaban J connectivity index is 3.11. The fourth-order valence-corrected chi connectivity index (χ4v) is 2.13. The minimum absolute atomic E-state index is 0.301. The number of carbonyl (C=O) groups excluding carboxylic acids is 2. The maximum absolute atomic E-state index is 13.5. The van der Waals surface area contributed by atoms with Crippen LogP contribution in [-0.4, -0.2) is 37.1 Å². The molecule has 0 aromatic heterocycles. The van der Waals surface area contributed by atoms with Crippen LogP contribution in [0.2, 0.25) is 0 Å². The number of aryl methyl sites for hydroxylation is 2. The molecular weight excluding hydrogens is 341 g/mol. The number of urea groups is 1. The Hall–Kier alpha value is -2.29. The molecule has 1 rings (SSSR count). The first-order valence-electron chi connectivity index (χ1n) is 7.61. The maximum Gasteiger partial charge on any atom is 0.448 e. The zero-order chi connectivity index (χ0) is 19.3. The minimum atomic E-state index is -5.21. The number of esters is 1. The van der Waals surface area contributed by atoms with Crippen LogP contribution in [0.1, 0.15) is 25.0 Å². The van der Waals surface area contributed by atoms with Crippen molar-refractivity contribution in [2.24, 2.45) is 0 Å². The highest BCUT2D eigenvalue weighted by molar-refractivity contribution is 5.94. The summed E-state index contributed by atoms with van der Waals surface area (Å²) in [6.07, 6.45) is -5.21. The second-order valence-electron chi connectivity index (χ2n) is 5.23. The van der Waals surface area contributed by atoms with Gasteiger partial charge in [-0.1, -0.05) is 17.7 Å². The van der Waals surface area contributed by atoms with E-state index in [4.69, 9.17) is 0 Å². The average molecular weight is 362 g/mol. The lowest BCUT2D eigenvalue weighted by molar-refractivity contribution is -0.282. The summed E-state index contributed by atoms with van der Waals surface area (Å²) in [6, 6.07) is 3.74. The minimum Gasteiger partial charge on any atom is -0.462 e. The molecule has 6 nitrogen and oxygen atoms in total. The number of amides is 2. The lowest BCUT2D eigenvalue weighted by Crippen LogP contribution is -2.67. The van der Waals surface area contributed by atoms with Gasteiger partial charge in [-0.3, -0.25) is 5.32 Å². The largest absolute Gasteiger partial charge is 0.462 e. The molecule has 2 N–H and O–H groups in total. The summed E-state index contributed by atoms with van der Waals surface area (Å²) in [4.78, 5) is 24.0. The first-order valence-corrected chi connectivity index (χ1v) is 7.61. The zero-order valence-electron chi connectivity index (χ0n) is 14.4. The van der Waals surface area contributed by atoms with Gasteiger partial charge in [-0.15, -0.1) is 0 Å². The van der Waals surface area contributed by atoms with Crippen molar-refractivity contribution in [2.75, 3.05) is 18.5 Å². The standard InChI is InChI=1S/C16H21F3N2O4/c1-5-24-13(22)15(25-6-2,16(17,18)19)21-14(23)20-12-8-7-10(3)9-11(12)4/h7-9H,5-6H2,1-4H3,(H2,20,21,23)/t15-/m0/s1. The molecule has 0 heterocycles. The molecule has 0 bridgehead atoms. The Morgan fingerprint density at radius 2 is 1.76 bits per heavy atom. The fourth-order valence-electron chi connectivity index (χ4n) is 2.13. The second-order valence-corrected chi connectivity index (χ2v) is 5.23. The van der Waals surface area contributed by atoms with Gasteiger partial charge >= 0.3 is 23.9 Å². The molecule has 0 fully saturated rings. The van der Waals surface area contributed by atoms with Gasteiger partial charge in [0.1, 0.15) is 0 Å². The number of rotatable bonds is 6. The predicted octanol–water partition coefficient (Wildman–Crippen LogP) is 3.28. The van der Waals surface area contributed by atoms with E-state index in [1.165, 1.54) is 13.8 Å². The molecule has 1 aromatic rings. The summed E-state index contributed by atoms with van der Waals surface area (Å²) in [6.45, 7) is 5.37. The molecule has 2 amide bonds. The second kappa shape index (κ2) is 8.19. The van der Waals surface area contributed by atoms with Crippen molar-refractivity contribution in [1.29, 1.82) is 0 Å². The lowest BCUT2D eigenvalue weighted by Gasteiger charge is -2.33. The first kappa shape index (κ1) is 20.8. The van der Waals surface area contributed by atoms with E-state index in [0.717, 1.165) is 5.56 Å². The summed E-state index contributed by atoms with van der Waals surface area (Å²) in [5.41, 5.74) is -1.70. The number of ether oxygens (including phenoxy) is 2. The molecule has 1 aromatic carbocycles. The van der Waals surface area contributed by atoms with Crippen LogP contribution in [0.4, 0.5) is 23.7 Å². The lowest BCUT2D eigenvalue weighted by atomic mass is 10.1. The Kier molecular flexibility index (Phi) is 6.80. The highest BCUT2D eigenvalue weighted by Gasteiger charge is 2.64. The van der Waals surface area contributed by atoms with Crippen LogP contribution >= 0.6 is 0 Å². The van der Waals surface area contributed by atoms with Crippen molar-refractivity contribution in [2.45, 2.75) is 39.6 Å². The van der Waals surface area contributed by atoms with Gasteiger partial charge in [0.05, 0.1) is 6.61 Å². The van der Waals surface area contributed by atoms with E-state index in [0.29, 0.717) is 11.3 Å². The molecule has 0 aliphatic carbocycles. The third kappa shape index (κ3) is 4.85. The van der Waals surface area contributed by atoms with Gasteiger partial charge in [0, 0.05) is 12.3 Å². The molecule has 0 unspecified atom stereocenters. The van der Waals surface area contributed by atoms with Gasteiger partial charge in [0.15, 0.2) is 0 Å². The Morgan fingerprint density at radius 3 is 2.24 bits per heavy atom. The van der Waals surface area contributed by atoms with Crippen LogP contribution in [0, 0.1) is 13.8 Å². The number of hydrogen-bond acceptors (Lipinski definition) is 4. The van der Waals surface area contributed by atoms with Crippen molar-refractivity contribution < 1.29 is 32.2 Å². The van der Waals surface area contributed by atoms with Gasteiger partial charge < -0.3 is 14.8 Å². The van der Waals surface area contributed by atoms with E-state index >= 15 is 0 Å². The maximum atomic E-state index is 13.5. The summed E-state index contributed by atoms with van der Waals surface area (Å²) in [7, 11) is 0. The number of alkyl halides is 3. The topological polar surface area (TPSA) is 76.7 Å². The molecule has 9 heteroatoms. The number of benzene rings is 1. The van der Waals surface area contributed by atoms with Crippen molar-refractivity contribution >= 4 is 17.7 Å². The quantitative estimate of drug-likeness (QED) is 0.601. The smallest absolute Gasteiger partial charge is 0.448 e. The third-order valence-corrected chi connectivity index (χ3v) is 3.24. The number of nitrogens with one attached hydrogen (secondary N) is 2. The van der Waals surface area contributed by atoms with Crippen LogP contribution in [0.3, 0.4) is 0 Å². The highest BCUT2D eigenvalue weighted by Crippen LogP contribution is 2.33. The van der Waals surface area contributed by atoms with Crippen LogP contribution < -0.4 is 10.6 Å². The molecule has 0 spiro atoms. The van der Waals surface area contributed by atoms with E-state index < -0.39 is 30.5 Å². The number of hydrogen-bond donors (Lipinski definition) is 2. The first-order chi connectivity index (χ1) is 11.6. The van der Waals surface area contributed by atoms with Crippen LogP contribution in [0.25, 0.3) is 0 Å². The molecule has 0 aliphatic heterocycles. The summed E-state index contributed by atoms with van der Waals surface area (Å²) in [5, 5.41) is 3.86. The van der Waals surface area contributed by atoms with Gasteiger partial charge in [0.25, 0.3) is 0 Å². The Labute approximate surface area is 143 Å². The van der Waals surface area contributed by atoms with Crippen LogP contribution in [0.15, 0.2) is 18.2 Å². The fraction of sp³-hybridized carbons (Fsp3) is 0.500. The van der Waals surface area contributed by atoms with Gasteiger partial charge in [0.2, 0.25) is 0 Å². The predicted molar refractivity (Wildman–Crippen MR) is 85.1 cm³/mol. The SMILES string of the molecule is CCOC(=O)[C@](NC(=O)Nc1ccc(C)cc1C)(OCC)C(F)(F)F. The van der Waals surface area contributed by atoms with Gasteiger partial charge in [-0.25, -0.2) is 9.59 Å². The van der Waals surface area contributed by atoms with E-state index in [-0.39, 0.29) is 6.61 Å². The van der Waals surface area contributed by atoms with E-state index in [2.05, 4.69) is 14.8 Å².